The maximum Gasteiger partial charge on any atom is 0.309 e. The first-order chi connectivity index (χ1) is 6.15. The molecule has 0 aliphatic carbocycles. The first-order valence-corrected chi connectivity index (χ1v) is 4.05. The van der Waals surface area contributed by atoms with Gasteiger partial charge in [0.05, 0.1) is 15.9 Å². The number of hydrogen-bond donors (Lipinski definition) is 0. The Morgan fingerprint density at radius 2 is 1.92 bits per heavy atom. The van der Waals surface area contributed by atoms with Crippen molar-refractivity contribution in [3.63, 3.8) is 0 Å². The molecule has 1 unspecified atom stereocenters. The van der Waals surface area contributed by atoms with Crippen LogP contribution in [0.15, 0.2) is 12.2 Å². The van der Waals surface area contributed by atoms with Crippen LogP contribution in [0.4, 0.5) is 0 Å². The molecule has 0 bridgehead atoms. The van der Waals surface area contributed by atoms with Gasteiger partial charge in [0.1, 0.15) is 0 Å². The molecule has 0 fully saturated rings. The molecule has 70 valence electrons. The molecule has 1 rings (SSSR count). The molecule has 1 heterocycles. The van der Waals surface area contributed by atoms with Gasteiger partial charge in [-0.15, -0.1) is 0 Å². The third-order valence-electron chi connectivity index (χ3n) is 1.57. The summed E-state index contributed by atoms with van der Waals surface area (Å²) in [5.74, 6) is -1.25. The standard InChI is InChI=1S/C7H8NO4P/c9-5-1-2-6(10)8(5)4-3-7(11)12-13/h1-2H,3-4,13H2. The van der Waals surface area contributed by atoms with E-state index in [1.165, 1.54) is 12.2 Å². The van der Waals surface area contributed by atoms with Gasteiger partial charge < -0.3 is 4.52 Å². The van der Waals surface area contributed by atoms with E-state index in [9.17, 15) is 14.4 Å². The Kier molecular flexibility index (Phi) is 3.14. The zero-order valence-electron chi connectivity index (χ0n) is 6.73. The minimum Gasteiger partial charge on any atom is -0.451 e. The number of imide groups is 1. The number of carbonyl (C=O) groups excluding carboxylic acids is 3. The fourth-order valence-electron chi connectivity index (χ4n) is 0.914. The highest BCUT2D eigenvalue weighted by Gasteiger charge is 2.23. The van der Waals surface area contributed by atoms with E-state index in [4.69, 9.17) is 0 Å². The van der Waals surface area contributed by atoms with Gasteiger partial charge in [-0.1, -0.05) is 0 Å². The van der Waals surface area contributed by atoms with E-state index in [0.29, 0.717) is 0 Å². The zero-order chi connectivity index (χ0) is 9.84. The average molecular weight is 201 g/mol. The summed E-state index contributed by atoms with van der Waals surface area (Å²) in [5, 5.41) is 0. The highest BCUT2D eigenvalue weighted by atomic mass is 31.0. The van der Waals surface area contributed by atoms with Crippen LogP contribution in [0, 0.1) is 0 Å². The lowest BCUT2D eigenvalue weighted by Crippen LogP contribution is -2.32. The molecule has 0 radical (unpaired) electrons. The van der Waals surface area contributed by atoms with E-state index >= 15 is 0 Å². The number of amides is 2. The predicted molar refractivity (Wildman–Crippen MR) is 46.3 cm³/mol. The van der Waals surface area contributed by atoms with Crippen molar-refractivity contribution in [1.82, 2.24) is 4.90 Å². The Labute approximate surface area is 77.0 Å². The largest absolute Gasteiger partial charge is 0.451 e. The monoisotopic (exact) mass is 201 g/mol. The summed E-state index contributed by atoms with van der Waals surface area (Å²) in [6.45, 7) is 0.0674. The Balaban J connectivity index is 2.42. The molecule has 13 heavy (non-hydrogen) atoms. The quantitative estimate of drug-likeness (QED) is 0.461. The Morgan fingerprint density at radius 1 is 1.38 bits per heavy atom. The van der Waals surface area contributed by atoms with Crippen LogP contribution in [-0.2, 0) is 18.9 Å². The maximum absolute atomic E-state index is 10.9. The normalized spacial score (nSPS) is 15.3. The van der Waals surface area contributed by atoms with Gasteiger partial charge in [-0.05, 0) is 0 Å². The molecule has 0 aromatic rings. The second-order valence-corrected chi connectivity index (χ2v) is 2.64. The van der Waals surface area contributed by atoms with Crippen LogP contribution in [-0.4, -0.2) is 29.2 Å². The van der Waals surface area contributed by atoms with Crippen molar-refractivity contribution >= 4 is 27.3 Å². The number of nitrogens with zero attached hydrogens (tertiary/aromatic N) is 1. The SMILES string of the molecule is O=C(CCN1C(=O)C=CC1=O)OP. The summed E-state index contributed by atoms with van der Waals surface area (Å²) in [6.07, 6.45) is 2.37. The smallest absolute Gasteiger partial charge is 0.309 e. The van der Waals surface area contributed by atoms with Crippen LogP contribution < -0.4 is 0 Å². The summed E-state index contributed by atoms with van der Waals surface area (Å²) in [5.41, 5.74) is 0. The van der Waals surface area contributed by atoms with Crippen molar-refractivity contribution in [3.8, 4) is 0 Å². The van der Waals surface area contributed by atoms with Crippen molar-refractivity contribution in [2.45, 2.75) is 6.42 Å². The molecule has 1 aliphatic rings. The van der Waals surface area contributed by atoms with E-state index in [1.807, 2.05) is 9.47 Å². The molecule has 1 aliphatic heterocycles. The highest BCUT2D eigenvalue weighted by molar-refractivity contribution is 7.10. The second-order valence-electron chi connectivity index (χ2n) is 2.40. The molecule has 0 spiro atoms. The molecule has 0 saturated heterocycles. The van der Waals surface area contributed by atoms with Crippen LogP contribution in [0.5, 0.6) is 0 Å². The molecule has 0 aromatic heterocycles. The number of carbonyl (C=O) groups is 3. The third kappa shape index (κ3) is 2.36. The lowest BCUT2D eigenvalue weighted by molar-refractivity contribution is -0.138. The van der Waals surface area contributed by atoms with Crippen LogP contribution in [0.2, 0.25) is 0 Å². The van der Waals surface area contributed by atoms with Gasteiger partial charge in [-0.2, -0.15) is 0 Å². The van der Waals surface area contributed by atoms with Gasteiger partial charge in [-0.25, -0.2) is 0 Å². The molecular weight excluding hydrogens is 193 g/mol. The molecule has 1 atom stereocenters. The van der Waals surface area contributed by atoms with E-state index < -0.39 is 5.97 Å². The number of hydrogen-bond acceptors (Lipinski definition) is 4. The van der Waals surface area contributed by atoms with Gasteiger partial charge in [0.2, 0.25) is 0 Å². The zero-order valence-corrected chi connectivity index (χ0v) is 7.88. The van der Waals surface area contributed by atoms with Crippen LogP contribution in [0.25, 0.3) is 0 Å². The topological polar surface area (TPSA) is 63.7 Å². The third-order valence-corrected chi connectivity index (χ3v) is 1.83. The van der Waals surface area contributed by atoms with Crippen molar-refractivity contribution < 1.29 is 18.9 Å². The second kappa shape index (κ2) is 4.14. The fraction of sp³-hybridized carbons (Fsp3) is 0.286. The Bertz CT molecular complexity index is 268. The van der Waals surface area contributed by atoms with Crippen molar-refractivity contribution in [2.75, 3.05) is 6.54 Å². The average Bonchev–Trinajstić information content (AvgIpc) is 2.43. The highest BCUT2D eigenvalue weighted by Crippen LogP contribution is 2.05. The van der Waals surface area contributed by atoms with Crippen LogP contribution in [0.3, 0.4) is 0 Å². The molecule has 0 N–H and O–H groups in total. The molecular formula is C7H8NO4P. The molecule has 0 aromatic carbocycles. The minimum absolute atomic E-state index is 0.0165. The molecule has 2 amide bonds. The Hall–Kier alpha value is -1.22. The van der Waals surface area contributed by atoms with Crippen LogP contribution in [0.1, 0.15) is 6.42 Å². The lowest BCUT2D eigenvalue weighted by Gasteiger charge is -2.11. The van der Waals surface area contributed by atoms with E-state index in [1.54, 1.807) is 0 Å². The molecule has 5 nitrogen and oxygen atoms in total. The van der Waals surface area contributed by atoms with Crippen molar-refractivity contribution in [2.24, 2.45) is 0 Å². The summed E-state index contributed by atoms with van der Waals surface area (Å²) in [6, 6.07) is 0. The van der Waals surface area contributed by atoms with Gasteiger partial charge >= 0.3 is 5.97 Å². The van der Waals surface area contributed by atoms with Gasteiger partial charge in [0.25, 0.3) is 11.8 Å². The predicted octanol–water partition coefficient (Wildman–Crippen LogP) is -0.365. The van der Waals surface area contributed by atoms with Gasteiger partial charge in [0.15, 0.2) is 0 Å². The van der Waals surface area contributed by atoms with Crippen molar-refractivity contribution in [1.29, 1.82) is 0 Å². The molecule has 6 heteroatoms. The minimum atomic E-state index is -0.475. The van der Waals surface area contributed by atoms with Gasteiger partial charge in [-0.3, -0.25) is 19.3 Å². The maximum atomic E-state index is 10.9. The first-order valence-electron chi connectivity index (χ1n) is 3.58. The summed E-state index contributed by atoms with van der Waals surface area (Å²) in [7, 11) is 1.81. The first kappa shape index (κ1) is 9.86. The van der Waals surface area contributed by atoms with Gasteiger partial charge in [0, 0.05) is 18.7 Å². The lowest BCUT2D eigenvalue weighted by atomic mass is 10.4. The van der Waals surface area contributed by atoms with Crippen molar-refractivity contribution in [3.05, 3.63) is 12.2 Å². The fourth-order valence-corrected chi connectivity index (χ4v) is 1.03. The summed E-state index contributed by atoms with van der Waals surface area (Å²) in [4.78, 5) is 33.5. The van der Waals surface area contributed by atoms with E-state index in [2.05, 4.69) is 4.52 Å². The summed E-state index contributed by atoms with van der Waals surface area (Å²) < 4.78 is 4.29. The van der Waals surface area contributed by atoms with Crippen LogP contribution >= 0.6 is 9.47 Å². The molecule has 0 saturated carbocycles. The van der Waals surface area contributed by atoms with E-state index in [0.717, 1.165) is 4.90 Å². The van der Waals surface area contributed by atoms with E-state index in [-0.39, 0.29) is 24.8 Å². The summed E-state index contributed by atoms with van der Waals surface area (Å²) >= 11 is 0. The Morgan fingerprint density at radius 3 is 2.38 bits per heavy atom. The number of rotatable bonds is 3.